The van der Waals surface area contributed by atoms with Crippen molar-refractivity contribution in [3.05, 3.63) is 18.0 Å². The van der Waals surface area contributed by atoms with Gasteiger partial charge in [-0.15, -0.1) is 0 Å². The first-order chi connectivity index (χ1) is 7.33. The molecule has 4 heteroatoms. The highest BCUT2D eigenvalue weighted by molar-refractivity contribution is 5.73. The summed E-state index contributed by atoms with van der Waals surface area (Å²) in [6.07, 6.45) is 2.24. The number of aromatic nitrogens is 2. The minimum atomic E-state index is -0.773. The first kappa shape index (κ1) is 12.7. The Morgan fingerprint density at radius 3 is 2.69 bits per heavy atom. The lowest BCUT2D eigenvalue weighted by Crippen LogP contribution is -2.27. The van der Waals surface area contributed by atoms with Crippen LogP contribution in [0, 0.1) is 11.3 Å². The highest BCUT2D eigenvalue weighted by Gasteiger charge is 2.28. The molecule has 1 aromatic rings. The van der Waals surface area contributed by atoms with Crippen molar-refractivity contribution in [1.82, 2.24) is 9.78 Å². The van der Waals surface area contributed by atoms with Crippen molar-refractivity contribution in [2.75, 3.05) is 0 Å². The Balaban J connectivity index is 2.81. The Kier molecular flexibility index (Phi) is 3.73. The molecule has 0 amide bonds. The molecule has 1 heterocycles. The first-order valence-electron chi connectivity index (χ1n) is 5.57. The van der Waals surface area contributed by atoms with E-state index in [4.69, 9.17) is 5.11 Å². The molecule has 0 aliphatic heterocycles. The zero-order chi connectivity index (χ0) is 12.3. The predicted octanol–water partition coefficient (Wildman–Crippen LogP) is 2.19. The summed E-state index contributed by atoms with van der Waals surface area (Å²) in [7, 11) is 0. The van der Waals surface area contributed by atoms with Crippen LogP contribution in [0.5, 0.6) is 0 Å². The molecule has 4 nitrogen and oxygen atoms in total. The third-order valence-corrected chi connectivity index (χ3v) is 2.54. The predicted molar refractivity (Wildman–Crippen MR) is 62.2 cm³/mol. The van der Waals surface area contributed by atoms with Crippen molar-refractivity contribution in [3.8, 4) is 0 Å². The van der Waals surface area contributed by atoms with Crippen LogP contribution in [0.1, 0.15) is 33.4 Å². The van der Waals surface area contributed by atoms with Crippen LogP contribution in [0.2, 0.25) is 0 Å². The standard InChI is InChI=1S/C12H20N2O2/c1-9(2)8-14-10(5-6-13-14)7-12(3,4)11(15)16/h5-6,9H,7-8H2,1-4H3,(H,15,16). The maximum atomic E-state index is 11.1. The van der Waals surface area contributed by atoms with Crippen LogP contribution in [-0.2, 0) is 17.8 Å². The minimum Gasteiger partial charge on any atom is -0.481 e. The van der Waals surface area contributed by atoms with E-state index in [9.17, 15) is 4.79 Å². The van der Waals surface area contributed by atoms with Gasteiger partial charge in [-0.3, -0.25) is 9.48 Å². The molecule has 0 bridgehead atoms. The van der Waals surface area contributed by atoms with Crippen molar-refractivity contribution in [2.24, 2.45) is 11.3 Å². The highest BCUT2D eigenvalue weighted by atomic mass is 16.4. The summed E-state index contributed by atoms with van der Waals surface area (Å²) in [6.45, 7) is 8.55. The van der Waals surface area contributed by atoms with Gasteiger partial charge in [-0.1, -0.05) is 13.8 Å². The SMILES string of the molecule is CC(C)Cn1nccc1CC(C)(C)C(=O)O. The van der Waals surface area contributed by atoms with E-state index in [0.717, 1.165) is 12.2 Å². The molecular weight excluding hydrogens is 204 g/mol. The normalized spacial score (nSPS) is 12.1. The summed E-state index contributed by atoms with van der Waals surface area (Å²) >= 11 is 0. The van der Waals surface area contributed by atoms with Gasteiger partial charge in [0.15, 0.2) is 0 Å². The van der Waals surface area contributed by atoms with Crippen LogP contribution in [0.3, 0.4) is 0 Å². The summed E-state index contributed by atoms with van der Waals surface area (Å²) in [5.41, 5.74) is 0.246. The fourth-order valence-corrected chi connectivity index (χ4v) is 1.55. The minimum absolute atomic E-state index is 0.506. The molecule has 1 rings (SSSR count). The van der Waals surface area contributed by atoms with Gasteiger partial charge in [0.05, 0.1) is 5.41 Å². The Morgan fingerprint density at radius 2 is 2.19 bits per heavy atom. The smallest absolute Gasteiger partial charge is 0.309 e. The lowest BCUT2D eigenvalue weighted by Gasteiger charge is -2.20. The quantitative estimate of drug-likeness (QED) is 0.834. The van der Waals surface area contributed by atoms with Gasteiger partial charge in [-0.25, -0.2) is 0 Å². The maximum absolute atomic E-state index is 11.1. The van der Waals surface area contributed by atoms with Crippen LogP contribution in [0.4, 0.5) is 0 Å². The summed E-state index contributed by atoms with van der Waals surface area (Å²) < 4.78 is 1.90. The van der Waals surface area contributed by atoms with E-state index in [0.29, 0.717) is 12.3 Å². The Morgan fingerprint density at radius 1 is 1.56 bits per heavy atom. The number of hydrogen-bond donors (Lipinski definition) is 1. The fourth-order valence-electron chi connectivity index (χ4n) is 1.55. The van der Waals surface area contributed by atoms with Crippen LogP contribution in [0.25, 0.3) is 0 Å². The average Bonchev–Trinajstić information content (AvgIpc) is 2.50. The Hall–Kier alpha value is -1.32. The molecule has 0 aliphatic carbocycles. The van der Waals surface area contributed by atoms with Crippen LogP contribution in [-0.4, -0.2) is 20.9 Å². The fraction of sp³-hybridized carbons (Fsp3) is 0.667. The molecule has 0 spiro atoms. The molecule has 1 N–H and O–H groups in total. The molecule has 0 atom stereocenters. The second-order valence-electron chi connectivity index (χ2n) is 5.26. The van der Waals surface area contributed by atoms with Gasteiger partial charge in [0, 0.05) is 24.9 Å². The second kappa shape index (κ2) is 4.68. The van der Waals surface area contributed by atoms with Crippen molar-refractivity contribution in [3.63, 3.8) is 0 Å². The molecule has 90 valence electrons. The van der Waals surface area contributed by atoms with Crippen molar-refractivity contribution in [1.29, 1.82) is 0 Å². The summed E-state index contributed by atoms with van der Waals surface area (Å²) in [5, 5.41) is 13.3. The van der Waals surface area contributed by atoms with Crippen LogP contribution < -0.4 is 0 Å². The van der Waals surface area contributed by atoms with Crippen molar-refractivity contribution >= 4 is 5.97 Å². The number of carboxylic acids is 1. The highest BCUT2D eigenvalue weighted by Crippen LogP contribution is 2.22. The van der Waals surface area contributed by atoms with Gasteiger partial charge < -0.3 is 5.11 Å². The lowest BCUT2D eigenvalue weighted by atomic mass is 9.88. The van der Waals surface area contributed by atoms with Crippen LogP contribution in [0.15, 0.2) is 12.3 Å². The zero-order valence-corrected chi connectivity index (χ0v) is 10.4. The van der Waals surface area contributed by atoms with E-state index in [1.54, 1.807) is 20.0 Å². The zero-order valence-electron chi connectivity index (χ0n) is 10.4. The van der Waals surface area contributed by atoms with Gasteiger partial charge in [-0.2, -0.15) is 5.10 Å². The van der Waals surface area contributed by atoms with E-state index >= 15 is 0 Å². The van der Waals surface area contributed by atoms with Crippen LogP contribution >= 0.6 is 0 Å². The maximum Gasteiger partial charge on any atom is 0.309 e. The number of nitrogens with zero attached hydrogens (tertiary/aromatic N) is 2. The number of aliphatic carboxylic acids is 1. The van der Waals surface area contributed by atoms with Gasteiger partial charge in [0.2, 0.25) is 0 Å². The Bertz CT molecular complexity index is 367. The van der Waals surface area contributed by atoms with E-state index < -0.39 is 11.4 Å². The lowest BCUT2D eigenvalue weighted by molar-refractivity contribution is -0.146. The van der Waals surface area contributed by atoms with E-state index in [1.165, 1.54) is 0 Å². The molecule has 0 aromatic carbocycles. The average molecular weight is 224 g/mol. The third-order valence-electron chi connectivity index (χ3n) is 2.54. The molecule has 0 aliphatic rings. The van der Waals surface area contributed by atoms with E-state index in [2.05, 4.69) is 18.9 Å². The molecular formula is C12H20N2O2. The molecule has 0 saturated carbocycles. The number of hydrogen-bond acceptors (Lipinski definition) is 2. The molecule has 0 saturated heterocycles. The van der Waals surface area contributed by atoms with Gasteiger partial charge in [0.25, 0.3) is 0 Å². The molecule has 0 fully saturated rings. The number of rotatable bonds is 5. The molecule has 0 radical (unpaired) electrons. The van der Waals surface area contributed by atoms with Gasteiger partial charge in [-0.05, 0) is 25.8 Å². The molecule has 16 heavy (non-hydrogen) atoms. The van der Waals surface area contributed by atoms with Gasteiger partial charge >= 0.3 is 5.97 Å². The Labute approximate surface area is 96.3 Å². The number of carbonyl (C=O) groups is 1. The van der Waals surface area contributed by atoms with E-state index in [-0.39, 0.29) is 0 Å². The third kappa shape index (κ3) is 3.08. The summed E-state index contributed by atoms with van der Waals surface area (Å²) in [5.74, 6) is -0.267. The molecule has 1 aromatic heterocycles. The summed E-state index contributed by atoms with van der Waals surface area (Å²) in [4.78, 5) is 11.1. The monoisotopic (exact) mass is 224 g/mol. The second-order valence-corrected chi connectivity index (χ2v) is 5.26. The van der Waals surface area contributed by atoms with Crippen molar-refractivity contribution in [2.45, 2.75) is 40.7 Å². The van der Waals surface area contributed by atoms with Crippen molar-refractivity contribution < 1.29 is 9.90 Å². The summed E-state index contributed by atoms with van der Waals surface area (Å²) in [6, 6.07) is 1.90. The molecule has 0 unspecified atom stereocenters. The number of carboxylic acid groups (broad SMARTS) is 1. The first-order valence-corrected chi connectivity index (χ1v) is 5.57. The van der Waals surface area contributed by atoms with Gasteiger partial charge in [0.1, 0.15) is 0 Å². The largest absolute Gasteiger partial charge is 0.481 e. The topological polar surface area (TPSA) is 55.1 Å². The van der Waals surface area contributed by atoms with E-state index in [1.807, 2.05) is 10.7 Å².